The van der Waals surface area contributed by atoms with Crippen molar-refractivity contribution in [3.8, 4) is 0 Å². The number of carbonyl (C=O) groups is 2. The summed E-state index contributed by atoms with van der Waals surface area (Å²) >= 11 is 0. The number of hydrogen-bond donors (Lipinski definition) is 3. The fourth-order valence-electron chi connectivity index (χ4n) is 2.74. The summed E-state index contributed by atoms with van der Waals surface area (Å²) in [7, 11) is -1.66. The SMILES string of the molecule is COC1C(OC(C)C)C(C(C)OP(=O)(O)O)OC1N(C)/C=C\C(=O)NC=O. The molecule has 2 amide bonds. The number of nitrogens with one attached hydrogen (secondary N) is 1. The van der Waals surface area contributed by atoms with Crippen molar-refractivity contribution < 1.29 is 42.7 Å². The fourth-order valence-corrected chi connectivity index (χ4v) is 3.30. The van der Waals surface area contributed by atoms with Gasteiger partial charge in [-0.05, 0) is 20.8 Å². The molecular weight excluding hydrogens is 383 g/mol. The first-order valence-electron chi connectivity index (χ1n) is 8.22. The van der Waals surface area contributed by atoms with Crippen LogP contribution >= 0.6 is 7.82 Å². The van der Waals surface area contributed by atoms with Crippen LogP contribution in [0.15, 0.2) is 12.3 Å². The van der Waals surface area contributed by atoms with Crippen molar-refractivity contribution in [1.82, 2.24) is 10.2 Å². The van der Waals surface area contributed by atoms with E-state index in [0.29, 0.717) is 0 Å². The monoisotopic (exact) mass is 410 g/mol. The Balaban J connectivity index is 3.03. The minimum absolute atomic E-state index is 0.209. The number of phosphoric acid groups is 1. The van der Waals surface area contributed by atoms with Gasteiger partial charge in [-0.3, -0.25) is 19.4 Å². The Labute approximate surface area is 157 Å². The number of likely N-dealkylation sites (N-methyl/N-ethyl adjacent to an activating group) is 1. The Morgan fingerprint density at radius 3 is 2.41 bits per heavy atom. The lowest BCUT2D eigenvalue weighted by atomic mass is 10.1. The molecular formula is C15H27N2O9P. The smallest absolute Gasteiger partial charge is 0.374 e. The molecule has 1 fully saturated rings. The Morgan fingerprint density at radius 2 is 1.93 bits per heavy atom. The van der Waals surface area contributed by atoms with Crippen LogP contribution < -0.4 is 5.32 Å². The largest absolute Gasteiger partial charge is 0.469 e. The van der Waals surface area contributed by atoms with E-state index >= 15 is 0 Å². The van der Waals surface area contributed by atoms with Crippen LogP contribution in [0.3, 0.4) is 0 Å². The predicted octanol–water partition coefficient (Wildman–Crippen LogP) is -0.264. The zero-order valence-corrected chi connectivity index (χ0v) is 16.7. The standard InChI is InChI=1S/C15H27N2O9P/c1-9(2)24-13-12(10(3)26-27(20,21)22)25-15(14(13)23-5)17(4)7-6-11(19)16-8-18/h6-10,12-15H,1-5H3,(H,16,18,19)(H2,20,21,22)/b7-6-. The summed E-state index contributed by atoms with van der Waals surface area (Å²) in [4.78, 5) is 41.3. The van der Waals surface area contributed by atoms with Gasteiger partial charge in [-0.1, -0.05) is 0 Å². The highest BCUT2D eigenvalue weighted by molar-refractivity contribution is 7.46. The average molecular weight is 410 g/mol. The zero-order valence-electron chi connectivity index (χ0n) is 15.8. The van der Waals surface area contributed by atoms with Gasteiger partial charge in [0.25, 0.3) is 5.91 Å². The summed E-state index contributed by atoms with van der Waals surface area (Å²) in [6.07, 6.45) is -1.30. The molecule has 1 aliphatic rings. The van der Waals surface area contributed by atoms with Crippen LogP contribution in [0.2, 0.25) is 0 Å². The van der Waals surface area contributed by atoms with Crippen molar-refractivity contribution in [2.45, 2.75) is 57.5 Å². The van der Waals surface area contributed by atoms with E-state index in [2.05, 4.69) is 0 Å². The van der Waals surface area contributed by atoms with Gasteiger partial charge in [0.05, 0.1) is 12.2 Å². The van der Waals surface area contributed by atoms with Crippen LogP contribution in [0, 0.1) is 0 Å². The summed E-state index contributed by atoms with van der Waals surface area (Å²) in [5, 5.41) is 1.97. The van der Waals surface area contributed by atoms with Gasteiger partial charge in [0, 0.05) is 26.4 Å². The van der Waals surface area contributed by atoms with Gasteiger partial charge >= 0.3 is 7.82 Å². The van der Waals surface area contributed by atoms with E-state index in [9.17, 15) is 14.2 Å². The second-order valence-corrected chi connectivity index (χ2v) is 7.44. The van der Waals surface area contributed by atoms with Gasteiger partial charge in [-0.2, -0.15) is 0 Å². The highest BCUT2D eigenvalue weighted by atomic mass is 31.2. The minimum atomic E-state index is -4.73. The number of nitrogens with zero attached hydrogens (tertiary/aromatic N) is 1. The van der Waals surface area contributed by atoms with Crippen LogP contribution in [0.1, 0.15) is 20.8 Å². The molecule has 3 N–H and O–H groups in total. The maximum atomic E-state index is 11.4. The van der Waals surface area contributed by atoms with Crippen LogP contribution in [0.25, 0.3) is 0 Å². The van der Waals surface area contributed by atoms with E-state index in [0.717, 1.165) is 6.08 Å². The summed E-state index contributed by atoms with van der Waals surface area (Å²) < 4.78 is 33.2. The first-order chi connectivity index (χ1) is 12.5. The molecule has 0 aliphatic carbocycles. The van der Waals surface area contributed by atoms with Crippen LogP contribution in [-0.2, 0) is 32.9 Å². The van der Waals surface area contributed by atoms with Crippen molar-refractivity contribution in [2.24, 2.45) is 0 Å². The number of hydrogen-bond acceptors (Lipinski definition) is 8. The molecule has 0 bridgehead atoms. The number of ether oxygens (including phenoxy) is 3. The van der Waals surface area contributed by atoms with Gasteiger partial charge in [0.1, 0.15) is 18.3 Å². The third kappa shape index (κ3) is 7.30. The quantitative estimate of drug-likeness (QED) is 0.250. The number of amides is 2. The molecule has 1 aliphatic heterocycles. The molecule has 0 saturated carbocycles. The molecule has 11 nitrogen and oxygen atoms in total. The van der Waals surface area contributed by atoms with Crippen molar-refractivity contribution in [2.75, 3.05) is 14.2 Å². The summed E-state index contributed by atoms with van der Waals surface area (Å²) in [6.45, 7) is 5.07. The van der Waals surface area contributed by atoms with Crippen LogP contribution in [-0.4, -0.2) is 77.9 Å². The Bertz CT molecular complexity index is 580. The maximum absolute atomic E-state index is 11.4. The normalized spacial score (nSPS) is 27.1. The second kappa shape index (κ2) is 10.3. The third-order valence-electron chi connectivity index (χ3n) is 3.76. The van der Waals surface area contributed by atoms with Gasteiger partial charge in [-0.25, -0.2) is 4.57 Å². The van der Waals surface area contributed by atoms with Crippen molar-refractivity contribution >= 4 is 20.1 Å². The highest BCUT2D eigenvalue weighted by Gasteiger charge is 2.50. The molecule has 5 unspecified atom stereocenters. The molecule has 5 atom stereocenters. The van der Waals surface area contributed by atoms with Crippen LogP contribution in [0.5, 0.6) is 0 Å². The molecule has 1 saturated heterocycles. The molecule has 0 spiro atoms. The van der Waals surface area contributed by atoms with Gasteiger partial charge in [0.15, 0.2) is 6.23 Å². The minimum Gasteiger partial charge on any atom is -0.374 e. The Morgan fingerprint density at radius 1 is 1.30 bits per heavy atom. The first kappa shape index (κ1) is 23.7. The van der Waals surface area contributed by atoms with Crippen molar-refractivity contribution in [3.05, 3.63) is 12.3 Å². The van der Waals surface area contributed by atoms with E-state index in [4.69, 9.17) is 28.5 Å². The van der Waals surface area contributed by atoms with E-state index in [-0.39, 0.29) is 12.5 Å². The first-order valence-corrected chi connectivity index (χ1v) is 9.75. The molecule has 1 rings (SSSR count). The lowest BCUT2D eigenvalue weighted by Gasteiger charge is -2.29. The number of imide groups is 1. The molecule has 0 radical (unpaired) electrons. The average Bonchev–Trinajstić information content (AvgIpc) is 2.89. The van der Waals surface area contributed by atoms with Crippen LogP contribution in [0.4, 0.5) is 0 Å². The topological polar surface area (TPSA) is 144 Å². The number of carbonyl (C=O) groups excluding carboxylic acids is 2. The molecule has 12 heteroatoms. The summed E-state index contributed by atoms with van der Waals surface area (Å²) in [5.74, 6) is -0.617. The van der Waals surface area contributed by atoms with E-state index < -0.39 is 44.4 Å². The molecule has 27 heavy (non-hydrogen) atoms. The van der Waals surface area contributed by atoms with Gasteiger partial charge < -0.3 is 28.9 Å². The zero-order chi connectivity index (χ0) is 20.8. The second-order valence-electron chi connectivity index (χ2n) is 6.25. The molecule has 0 aromatic rings. The van der Waals surface area contributed by atoms with E-state index in [1.807, 2.05) is 5.32 Å². The van der Waals surface area contributed by atoms with Crippen molar-refractivity contribution in [3.63, 3.8) is 0 Å². The molecule has 0 aromatic carbocycles. The third-order valence-corrected chi connectivity index (χ3v) is 4.36. The lowest BCUT2D eigenvalue weighted by Crippen LogP contribution is -2.44. The number of phosphoric ester groups is 1. The van der Waals surface area contributed by atoms with Gasteiger partial charge in [0.2, 0.25) is 6.41 Å². The molecule has 156 valence electrons. The van der Waals surface area contributed by atoms with E-state index in [1.54, 1.807) is 20.9 Å². The van der Waals surface area contributed by atoms with Crippen molar-refractivity contribution in [1.29, 1.82) is 0 Å². The molecule has 0 aromatic heterocycles. The molecule has 1 heterocycles. The number of rotatable bonds is 10. The van der Waals surface area contributed by atoms with E-state index in [1.165, 1.54) is 25.1 Å². The predicted molar refractivity (Wildman–Crippen MR) is 93.2 cm³/mol. The maximum Gasteiger partial charge on any atom is 0.469 e. The Hall–Kier alpha value is -1.33. The lowest BCUT2D eigenvalue weighted by molar-refractivity contribution is -0.122. The Kier molecular flexibility index (Phi) is 9.03. The summed E-state index contributed by atoms with van der Waals surface area (Å²) in [5.41, 5.74) is 0. The fraction of sp³-hybridized carbons (Fsp3) is 0.733. The number of methoxy groups -OCH3 is 1. The highest BCUT2D eigenvalue weighted by Crippen LogP contribution is 2.41. The summed E-state index contributed by atoms with van der Waals surface area (Å²) in [6, 6.07) is 0. The van der Waals surface area contributed by atoms with Gasteiger partial charge in [-0.15, -0.1) is 0 Å².